The Morgan fingerprint density at radius 3 is 2.33 bits per heavy atom. The zero-order chi connectivity index (χ0) is 15.2. The Morgan fingerprint density at radius 1 is 1.14 bits per heavy atom. The molecule has 0 saturated carbocycles. The molecule has 1 aromatic carbocycles. The van der Waals surface area contributed by atoms with Gasteiger partial charge in [-0.15, -0.1) is 0 Å². The third-order valence-corrected chi connectivity index (χ3v) is 3.71. The van der Waals surface area contributed by atoms with Crippen LogP contribution in [0.1, 0.15) is 24.2 Å². The lowest BCUT2D eigenvalue weighted by molar-refractivity contribution is 0.102. The van der Waals surface area contributed by atoms with Crippen LogP contribution in [0.25, 0.3) is 0 Å². The Kier molecular flexibility index (Phi) is 5.33. The highest BCUT2D eigenvalue weighted by atomic mass is 79.9. The average molecular weight is 348 g/mol. The summed E-state index contributed by atoms with van der Waals surface area (Å²) >= 11 is 3.25. The molecule has 0 bridgehead atoms. The van der Waals surface area contributed by atoms with Crippen molar-refractivity contribution in [2.24, 2.45) is 0 Å². The number of halogens is 1. The maximum absolute atomic E-state index is 12.1. The Hall–Kier alpha value is -1.88. The van der Waals surface area contributed by atoms with Crippen molar-refractivity contribution in [2.75, 3.05) is 23.3 Å². The third-order valence-electron chi connectivity index (χ3n) is 3.24. The molecule has 0 spiro atoms. The minimum absolute atomic E-state index is 0.161. The zero-order valence-electron chi connectivity index (χ0n) is 12.1. The van der Waals surface area contributed by atoms with Gasteiger partial charge in [-0.2, -0.15) is 0 Å². The number of carbonyl (C=O) groups excluding carboxylic acids is 1. The van der Waals surface area contributed by atoms with Gasteiger partial charge in [-0.3, -0.25) is 4.79 Å². The van der Waals surface area contributed by atoms with E-state index in [-0.39, 0.29) is 5.91 Å². The number of pyridine rings is 1. The molecule has 0 unspecified atom stereocenters. The van der Waals surface area contributed by atoms with Crippen molar-refractivity contribution in [3.8, 4) is 0 Å². The van der Waals surface area contributed by atoms with Crippen LogP contribution < -0.4 is 10.2 Å². The highest BCUT2D eigenvalue weighted by molar-refractivity contribution is 9.10. The van der Waals surface area contributed by atoms with Crippen LogP contribution in [0.5, 0.6) is 0 Å². The predicted octanol–water partition coefficient (Wildman–Crippen LogP) is 3.94. The van der Waals surface area contributed by atoms with Crippen LogP contribution in [-0.4, -0.2) is 24.0 Å². The fourth-order valence-corrected chi connectivity index (χ4v) is 2.29. The molecule has 1 N–H and O–H groups in total. The minimum atomic E-state index is -0.161. The second kappa shape index (κ2) is 7.22. The van der Waals surface area contributed by atoms with E-state index in [2.05, 4.69) is 45.0 Å². The molecule has 0 aliphatic carbocycles. The molecule has 2 rings (SSSR count). The third kappa shape index (κ3) is 4.04. The Morgan fingerprint density at radius 2 is 1.81 bits per heavy atom. The van der Waals surface area contributed by atoms with E-state index in [1.807, 2.05) is 24.3 Å². The van der Waals surface area contributed by atoms with Crippen molar-refractivity contribution in [3.63, 3.8) is 0 Å². The van der Waals surface area contributed by atoms with Gasteiger partial charge in [0.1, 0.15) is 4.60 Å². The molecule has 1 heterocycles. The Balaban J connectivity index is 2.06. The van der Waals surface area contributed by atoms with Gasteiger partial charge in [0.05, 0.1) is 5.56 Å². The molecule has 0 fully saturated rings. The molecule has 2 aromatic rings. The van der Waals surface area contributed by atoms with Gasteiger partial charge in [0.15, 0.2) is 0 Å². The van der Waals surface area contributed by atoms with Crippen LogP contribution in [-0.2, 0) is 0 Å². The van der Waals surface area contributed by atoms with Crippen molar-refractivity contribution >= 4 is 33.2 Å². The number of nitrogens with zero attached hydrogens (tertiary/aromatic N) is 2. The summed E-state index contributed by atoms with van der Waals surface area (Å²) in [4.78, 5) is 18.4. The van der Waals surface area contributed by atoms with Gasteiger partial charge in [-0.25, -0.2) is 4.98 Å². The van der Waals surface area contributed by atoms with Crippen LogP contribution in [0.3, 0.4) is 0 Å². The Labute approximate surface area is 133 Å². The van der Waals surface area contributed by atoms with Crippen LogP contribution in [0.15, 0.2) is 47.2 Å². The van der Waals surface area contributed by atoms with E-state index in [4.69, 9.17) is 0 Å². The van der Waals surface area contributed by atoms with Gasteiger partial charge in [-0.1, -0.05) is 0 Å². The molecule has 0 aliphatic rings. The highest BCUT2D eigenvalue weighted by Crippen LogP contribution is 2.18. The van der Waals surface area contributed by atoms with Crippen molar-refractivity contribution in [2.45, 2.75) is 13.8 Å². The number of amides is 1. The first-order valence-corrected chi connectivity index (χ1v) is 7.71. The number of rotatable bonds is 5. The summed E-state index contributed by atoms with van der Waals surface area (Å²) in [6, 6.07) is 11.3. The number of benzene rings is 1. The molecule has 0 radical (unpaired) electrons. The summed E-state index contributed by atoms with van der Waals surface area (Å²) in [6.07, 6.45) is 1.55. The number of hydrogen-bond donors (Lipinski definition) is 1. The highest BCUT2D eigenvalue weighted by Gasteiger charge is 2.07. The van der Waals surface area contributed by atoms with E-state index >= 15 is 0 Å². The molecule has 0 saturated heterocycles. The zero-order valence-corrected chi connectivity index (χ0v) is 13.7. The largest absolute Gasteiger partial charge is 0.372 e. The standard InChI is InChI=1S/C16H18BrN3O/c1-3-20(4-2)14-8-6-13(7-9-14)19-16(21)12-5-10-15(17)18-11-12/h5-11H,3-4H2,1-2H3,(H,19,21). The topological polar surface area (TPSA) is 45.2 Å². The van der Waals surface area contributed by atoms with Crippen LogP contribution in [0.4, 0.5) is 11.4 Å². The first-order valence-electron chi connectivity index (χ1n) is 6.92. The number of hydrogen-bond acceptors (Lipinski definition) is 3. The number of carbonyl (C=O) groups is 1. The van der Waals surface area contributed by atoms with Crippen molar-refractivity contribution in [3.05, 3.63) is 52.8 Å². The van der Waals surface area contributed by atoms with Gasteiger partial charge in [0.25, 0.3) is 5.91 Å². The predicted molar refractivity (Wildman–Crippen MR) is 89.9 cm³/mol. The quantitative estimate of drug-likeness (QED) is 0.833. The molecule has 5 heteroatoms. The molecule has 110 valence electrons. The summed E-state index contributed by atoms with van der Waals surface area (Å²) < 4.78 is 0.711. The number of aromatic nitrogens is 1. The van der Waals surface area contributed by atoms with Crippen molar-refractivity contribution in [1.29, 1.82) is 0 Å². The lowest BCUT2D eigenvalue weighted by Crippen LogP contribution is -2.21. The molecule has 0 aliphatic heterocycles. The van der Waals surface area contributed by atoms with Gasteiger partial charge in [-0.05, 0) is 66.2 Å². The number of anilines is 2. The maximum atomic E-state index is 12.1. The van der Waals surface area contributed by atoms with E-state index < -0.39 is 0 Å². The molecule has 1 amide bonds. The van der Waals surface area contributed by atoms with Crippen LogP contribution in [0.2, 0.25) is 0 Å². The summed E-state index contributed by atoms with van der Waals surface area (Å²) in [7, 11) is 0. The first kappa shape index (κ1) is 15.5. The monoisotopic (exact) mass is 347 g/mol. The van der Waals surface area contributed by atoms with Gasteiger partial charge in [0, 0.05) is 30.7 Å². The maximum Gasteiger partial charge on any atom is 0.257 e. The second-order valence-corrected chi connectivity index (χ2v) is 5.36. The number of nitrogens with one attached hydrogen (secondary N) is 1. The van der Waals surface area contributed by atoms with Gasteiger partial charge in [0.2, 0.25) is 0 Å². The lowest BCUT2D eigenvalue weighted by atomic mass is 10.2. The van der Waals surface area contributed by atoms with Crippen LogP contribution >= 0.6 is 15.9 Å². The first-order chi connectivity index (χ1) is 10.1. The van der Waals surface area contributed by atoms with Gasteiger partial charge >= 0.3 is 0 Å². The lowest BCUT2D eigenvalue weighted by Gasteiger charge is -2.21. The van der Waals surface area contributed by atoms with Crippen LogP contribution in [0, 0.1) is 0 Å². The molecule has 1 aromatic heterocycles. The molecular formula is C16H18BrN3O. The fourth-order valence-electron chi connectivity index (χ4n) is 2.06. The van der Waals surface area contributed by atoms with E-state index in [1.165, 1.54) is 0 Å². The van der Waals surface area contributed by atoms with E-state index in [0.717, 1.165) is 24.5 Å². The summed E-state index contributed by atoms with van der Waals surface area (Å²) in [5.74, 6) is -0.161. The molecular weight excluding hydrogens is 330 g/mol. The molecule has 0 atom stereocenters. The second-order valence-electron chi connectivity index (χ2n) is 4.54. The van der Waals surface area contributed by atoms with E-state index in [0.29, 0.717) is 10.2 Å². The molecule has 21 heavy (non-hydrogen) atoms. The SMILES string of the molecule is CCN(CC)c1ccc(NC(=O)c2ccc(Br)nc2)cc1. The normalized spacial score (nSPS) is 10.2. The summed E-state index contributed by atoms with van der Waals surface area (Å²) in [6.45, 7) is 6.18. The summed E-state index contributed by atoms with van der Waals surface area (Å²) in [5, 5.41) is 2.87. The van der Waals surface area contributed by atoms with Gasteiger partial charge < -0.3 is 10.2 Å². The Bertz CT molecular complexity index is 592. The smallest absolute Gasteiger partial charge is 0.257 e. The minimum Gasteiger partial charge on any atom is -0.372 e. The average Bonchev–Trinajstić information content (AvgIpc) is 2.51. The van der Waals surface area contributed by atoms with Crippen molar-refractivity contribution < 1.29 is 4.79 Å². The van der Waals surface area contributed by atoms with E-state index in [9.17, 15) is 4.79 Å². The van der Waals surface area contributed by atoms with Crippen molar-refractivity contribution in [1.82, 2.24) is 4.98 Å². The molecule has 4 nitrogen and oxygen atoms in total. The summed E-state index contributed by atoms with van der Waals surface area (Å²) in [5.41, 5.74) is 2.47. The van der Waals surface area contributed by atoms with E-state index in [1.54, 1.807) is 18.3 Å². The fraction of sp³-hybridized carbons (Fsp3) is 0.250.